The second kappa shape index (κ2) is 10.3. The lowest BCUT2D eigenvalue weighted by Crippen LogP contribution is -2.25. The van der Waals surface area contributed by atoms with Gasteiger partial charge in [-0.1, -0.05) is 13.8 Å². The molecule has 1 atom stereocenters. The minimum absolute atomic E-state index is 0.277. The summed E-state index contributed by atoms with van der Waals surface area (Å²) in [5.74, 6) is 0. The van der Waals surface area contributed by atoms with Crippen molar-refractivity contribution in [3.05, 3.63) is 0 Å². The normalized spacial score (nSPS) is 12.3. The van der Waals surface area contributed by atoms with Crippen molar-refractivity contribution in [1.82, 2.24) is 4.90 Å². The predicted molar refractivity (Wildman–Crippen MR) is 54.3 cm³/mol. The van der Waals surface area contributed by atoms with Gasteiger partial charge >= 0.3 is 0 Å². The second-order valence-electron chi connectivity index (χ2n) is 2.30. The molecule has 11 heavy (non-hydrogen) atoms. The van der Waals surface area contributed by atoms with Gasteiger partial charge in [0.05, 0.1) is 6.61 Å². The van der Waals surface area contributed by atoms with Crippen molar-refractivity contribution in [3.8, 4) is 0 Å². The van der Waals surface area contributed by atoms with Crippen LogP contribution >= 0.6 is 11.8 Å². The van der Waals surface area contributed by atoms with Crippen LogP contribution in [0.5, 0.6) is 0 Å². The third-order valence-corrected chi connectivity index (χ3v) is 2.07. The van der Waals surface area contributed by atoms with E-state index in [4.69, 9.17) is 5.11 Å². The van der Waals surface area contributed by atoms with Crippen LogP contribution in [0.2, 0.25) is 0 Å². The van der Waals surface area contributed by atoms with E-state index in [2.05, 4.69) is 4.90 Å². The zero-order valence-electron chi connectivity index (χ0n) is 8.29. The van der Waals surface area contributed by atoms with Gasteiger partial charge in [0.2, 0.25) is 0 Å². The van der Waals surface area contributed by atoms with E-state index in [9.17, 15) is 0 Å². The van der Waals surface area contributed by atoms with Crippen molar-refractivity contribution >= 4 is 11.8 Å². The molecule has 0 bridgehead atoms. The summed E-state index contributed by atoms with van der Waals surface area (Å²) in [5, 5.41) is 9.10. The minimum atomic E-state index is 0.277. The molecule has 0 saturated carbocycles. The molecule has 0 radical (unpaired) electrons. The Bertz CT molecular complexity index is 65.1. The first-order valence-corrected chi connectivity index (χ1v) is 5.28. The van der Waals surface area contributed by atoms with Crippen molar-refractivity contribution in [2.45, 2.75) is 19.1 Å². The third-order valence-electron chi connectivity index (χ3n) is 1.11. The van der Waals surface area contributed by atoms with E-state index >= 15 is 0 Å². The fraction of sp³-hybridized carbons (Fsp3) is 1.00. The maximum atomic E-state index is 8.73. The highest BCUT2D eigenvalue weighted by atomic mass is 32.2. The summed E-state index contributed by atoms with van der Waals surface area (Å²) in [5.41, 5.74) is 0. The fourth-order valence-electron chi connectivity index (χ4n) is 0.614. The molecule has 0 aliphatic heterocycles. The number of aliphatic hydroxyl groups excluding tert-OH is 1. The van der Waals surface area contributed by atoms with Crippen LogP contribution in [0.25, 0.3) is 0 Å². The molecule has 3 heteroatoms. The van der Waals surface area contributed by atoms with E-state index in [0.717, 1.165) is 6.54 Å². The van der Waals surface area contributed by atoms with Gasteiger partial charge in [-0.3, -0.25) is 0 Å². The van der Waals surface area contributed by atoms with Gasteiger partial charge in [0.15, 0.2) is 0 Å². The van der Waals surface area contributed by atoms with Crippen LogP contribution in [0.1, 0.15) is 13.8 Å². The third kappa shape index (κ3) is 10.3. The lowest BCUT2D eigenvalue weighted by atomic mass is 10.4. The van der Waals surface area contributed by atoms with Gasteiger partial charge in [-0.15, -0.1) is 0 Å². The zero-order chi connectivity index (χ0) is 9.28. The van der Waals surface area contributed by atoms with E-state index < -0.39 is 0 Å². The van der Waals surface area contributed by atoms with E-state index in [-0.39, 0.29) is 6.61 Å². The number of aliphatic hydroxyl groups is 1. The number of rotatable bonds is 4. The smallest absolute Gasteiger partial charge is 0.0562 e. The van der Waals surface area contributed by atoms with Crippen LogP contribution in [0, 0.1) is 0 Å². The van der Waals surface area contributed by atoms with Crippen molar-refractivity contribution in [3.63, 3.8) is 0 Å². The van der Waals surface area contributed by atoms with Crippen molar-refractivity contribution in [2.24, 2.45) is 0 Å². The van der Waals surface area contributed by atoms with Gasteiger partial charge in [-0.25, -0.2) is 0 Å². The molecule has 1 unspecified atom stereocenters. The van der Waals surface area contributed by atoms with E-state index in [1.807, 2.05) is 34.2 Å². The number of hydrogen-bond donors (Lipinski definition) is 1. The molecule has 2 nitrogen and oxygen atoms in total. The largest absolute Gasteiger partial charge is 0.395 e. The first kappa shape index (κ1) is 13.8. The molecule has 0 aliphatic carbocycles. The molecular formula is C8H21NOS. The Kier molecular flexibility index (Phi) is 12.9. The predicted octanol–water partition coefficient (Wildman–Crippen LogP) is 1.30. The summed E-state index contributed by atoms with van der Waals surface area (Å²) in [4.78, 5) is 2.08. The molecule has 0 fully saturated rings. The number of nitrogens with zero attached hydrogens (tertiary/aromatic N) is 1. The second-order valence-corrected chi connectivity index (χ2v) is 3.44. The lowest BCUT2D eigenvalue weighted by molar-refractivity contribution is 0.270. The van der Waals surface area contributed by atoms with Crippen molar-refractivity contribution < 1.29 is 5.11 Å². The number of thioether (sulfide) groups is 1. The van der Waals surface area contributed by atoms with Crippen LogP contribution in [0.3, 0.4) is 0 Å². The molecule has 0 saturated heterocycles. The average Bonchev–Trinajstić information content (AvgIpc) is 2.03. The van der Waals surface area contributed by atoms with Gasteiger partial charge < -0.3 is 10.0 Å². The highest BCUT2D eigenvalue weighted by Gasteiger charge is 2.04. The average molecular weight is 179 g/mol. The lowest BCUT2D eigenvalue weighted by Gasteiger charge is -2.15. The Morgan fingerprint density at radius 2 is 1.82 bits per heavy atom. The molecule has 0 amide bonds. The number of hydrogen-bond acceptors (Lipinski definition) is 3. The molecule has 0 spiro atoms. The molecule has 0 aromatic carbocycles. The van der Waals surface area contributed by atoms with Gasteiger partial charge in [0, 0.05) is 11.8 Å². The maximum Gasteiger partial charge on any atom is 0.0562 e. The van der Waals surface area contributed by atoms with Gasteiger partial charge in [-0.05, 0) is 20.4 Å². The Balaban J connectivity index is 0. The quantitative estimate of drug-likeness (QED) is 0.703. The summed E-state index contributed by atoms with van der Waals surface area (Å²) < 4.78 is 0. The molecule has 0 aliphatic rings. The summed E-state index contributed by atoms with van der Waals surface area (Å²) >= 11 is 1.71. The van der Waals surface area contributed by atoms with Crippen molar-refractivity contribution in [1.29, 1.82) is 0 Å². The molecule has 0 rings (SSSR count). The Hall–Kier alpha value is 0.270. The molecule has 0 aromatic rings. The van der Waals surface area contributed by atoms with E-state index in [0.29, 0.717) is 5.25 Å². The molecule has 1 N–H and O–H groups in total. The summed E-state index contributed by atoms with van der Waals surface area (Å²) in [7, 11) is 4.03. The highest BCUT2D eigenvalue weighted by molar-refractivity contribution is 7.99. The Morgan fingerprint density at radius 1 is 1.36 bits per heavy atom. The Labute approximate surface area is 75.0 Å². The standard InChI is InChI=1S/C6H15NOS.C2H6/c1-7(2)4-6(5-8)9-3;1-2/h6,8H,4-5H2,1-3H3;1-2H3. The minimum Gasteiger partial charge on any atom is -0.395 e. The zero-order valence-corrected chi connectivity index (χ0v) is 9.11. The summed E-state index contributed by atoms with van der Waals surface area (Å²) in [6.07, 6.45) is 2.02. The van der Waals surface area contributed by atoms with Crippen LogP contribution in [-0.2, 0) is 0 Å². The first-order chi connectivity index (χ1) is 5.20. The SMILES string of the molecule is CC.CSC(CO)CN(C)C. The molecule has 0 heterocycles. The van der Waals surface area contributed by atoms with Crippen LogP contribution in [0.15, 0.2) is 0 Å². The van der Waals surface area contributed by atoms with Gasteiger partial charge in [0.1, 0.15) is 0 Å². The van der Waals surface area contributed by atoms with E-state index in [1.54, 1.807) is 11.8 Å². The van der Waals surface area contributed by atoms with Crippen LogP contribution < -0.4 is 0 Å². The summed E-state index contributed by atoms with van der Waals surface area (Å²) in [6, 6.07) is 0. The van der Waals surface area contributed by atoms with E-state index in [1.165, 1.54) is 0 Å². The van der Waals surface area contributed by atoms with Crippen molar-refractivity contribution in [2.75, 3.05) is 33.5 Å². The highest BCUT2D eigenvalue weighted by Crippen LogP contribution is 2.04. The fourth-order valence-corrected chi connectivity index (χ4v) is 1.21. The van der Waals surface area contributed by atoms with Gasteiger partial charge in [-0.2, -0.15) is 11.8 Å². The monoisotopic (exact) mass is 179 g/mol. The molecular weight excluding hydrogens is 158 g/mol. The van der Waals surface area contributed by atoms with Crippen LogP contribution in [0.4, 0.5) is 0 Å². The van der Waals surface area contributed by atoms with Gasteiger partial charge in [0.25, 0.3) is 0 Å². The topological polar surface area (TPSA) is 23.5 Å². The molecule has 0 aromatic heterocycles. The first-order valence-electron chi connectivity index (χ1n) is 3.99. The van der Waals surface area contributed by atoms with Crippen LogP contribution in [-0.4, -0.2) is 48.8 Å². The Morgan fingerprint density at radius 3 is 1.91 bits per heavy atom. The maximum absolute atomic E-state index is 8.73. The summed E-state index contributed by atoms with van der Waals surface area (Å²) in [6.45, 7) is 5.23. The molecule has 70 valence electrons.